The zero-order valence-electron chi connectivity index (χ0n) is 12.5. The Morgan fingerprint density at radius 2 is 2.14 bits per heavy atom. The Morgan fingerprint density at radius 3 is 2.86 bits per heavy atom. The molecular formula is C16H21N5. The summed E-state index contributed by atoms with van der Waals surface area (Å²) in [5, 5.41) is 7.55. The van der Waals surface area contributed by atoms with Gasteiger partial charge in [-0.15, -0.1) is 0 Å². The van der Waals surface area contributed by atoms with Crippen LogP contribution in [0.5, 0.6) is 0 Å². The van der Waals surface area contributed by atoms with Gasteiger partial charge in [0.25, 0.3) is 0 Å². The molecule has 1 aromatic heterocycles. The van der Waals surface area contributed by atoms with Crippen LogP contribution in [0.4, 0.5) is 5.69 Å². The molecular weight excluding hydrogens is 262 g/mol. The summed E-state index contributed by atoms with van der Waals surface area (Å²) >= 11 is 0. The van der Waals surface area contributed by atoms with Gasteiger partial charge in [0.15, 0.2) is 0 Å². The van der Waals surface area contributed by atoms with Gasteiger partial charge < -0.3 is 16.0 Å². The normalized spacial score (nSPS) is 22.5. The van der Waals surface area contributed by atoms with Gasteiger partial charge in [0.05, 0.1) is 16.9 Å². The van der Waals surface area contributed by atoms with Gasteiger partial charge in [-0.1, -0.05) is 6.92 Å². The largest absolute Gasteiger partial charge is 0.368 e. The third-order valence-corrected chi connectivity index (χ3v) is 4.02. The Bertz CT molecular complexity index is 672. The van der Waals surface area contributed by atoms with E-state index in [9.17, 15) is 0 Å². The SMILES string of the molecule is Cc1cnc2c(N3C[C@@H](C)C[C@@H](N)C3)ccc(C=N)c2n1. The first-order valence-electron chi connectivity index (χ1n) is 7.36. The molecule has 1 fully saturated rings. The van der Waals surface area contributed by atoms with Gasteiger partial charge >= 0.3 is 0 Å². The number of fused-ring (bicyclic) bond motifs is 1. The Labute approximate surface area is 124 Å². The Kier molecular flexibility index (Phi) is 3.59. The van der Waals surface area contributed by atoms with Crippen molar-refractivity contribution < 1.29 is 0 Å². The van der Waals surface area contributed by atoms with E-state index >= 15 is 0 Å². The lowest BCUT2D eigenvalue weighted by molar-refractivity contribution is 0.402. The average Bonchev–Trinajstić information content (AvgIpc) is 2.44. The van der Waals surface area contributed by atoms with Gasteiger partial charge in [-0.05, 0) is 31.4 Å². The molecule has 0 amide bonds. The van der Waals surface area contributed by atoms with Gasteiger partial charge in [0.1, 0.15) is 5.52 Å². The molecule has 1 aliphatic heterocycles. The second kappa shape index (κ2) is 5.41. The van der Waals surface area contributed by atoms with Crippen LogP contribution in [0.15, 0.2) is 18.3 Å². The van der Waals surface area contributed by atoms with E-state index in [4.69, 9.17) is 11.1 Å². The van der Waals surface area contributed by atoms with E-state index in [0.717, 1.165) is 47.5 Å². The van der Waals surface area contributed by atoms with Crippen molar-refractivity contribution in [2.75, 3.05) is 18.0 Å². The maximum Gasteiger partial charge on any atom is 0.113 e. The number of nitrogens with one attached hydrogen (secondary N) is 1. The Balaban J connectivity index is 2.13. The molecule has 0 aliphatic carbocycles. The molecule has 1 aromatic carbocycles. The molecule has 0 spiro atoms. The third kappa shape index (κ3) is 2.61. The lowest BCUT2D eigenvalue weighted by Crippen LogP contribution is -2.46. The van der Waals surface area contributed by atoms with Crippen LogP contribution in [-0.4, -0.2) is 35.3 Å². The van der Waals surface area contributed by atoms with Gasteiger partial charge in [-0.25, -0.2) is 4.98 Å². The number of nitrogens with zero attached hydrogens (tertiary/aromatic N) is 3. The summed E-state index contributed by atoms with van der Waals surface area (Å²) in [5.41, 5.74) is 10.6. The van der Waals surface area contributed by atoms with Crippen LogP contribution in [0.1, 0.15) is 24.6 Å². The molecule has 5 heteroatoms. The van der Waals surface area contributed by atoms with Gasteiger partial charge in [-0.2, -0.15) is 0 Å². The molecule has 2 heterocycles. The molecule has 0 bridgehead atoms. The van der Waals surface area contributed by atoms with Crippen molar-refractivity contribution in [2.45, 2.75) is 26.3 Å². The number of anilines is 1. The van der Waals surface area contributed by atoms with Crippen molar-refractivity contribution in [1.29, 1.82) is 5.41 Å². The molecule has 5 nitrogen and oxygen atoms in total. The summed E-state index contributed by atoms with van der Waals surface area (Å²) in [4.78, 5) is 11.4. The minimum atomic E-state index is 0.199. The molecule has 3 rings (SSSR count). The topological polar surface area (TPSA) is 78.9 Å². The Hall–Kier alpha value is -2.01. The molecule has 2 aromatic rings. The first-order valence-corrected chi connectivity index (χ1v) is 7.36. The number of aryl methyl sites for hydroxylation is 1. The van der Waals surface area contributed by atoms with Crippen LogP contribution < -0.4 is 10.6 Å². The Morgan fingerprint density at radius 1 is 1.33 bits per heavy atom. The number of benzene rings is 1. The molecule has 0 unspecified atom stereocenters. The summed E-state index contributed by atoms with van der Waals surface area (Å²) in [6.45, 7) is 5.99. The third-order valence-electron chi connectivity index (χ3n) is 4.02. The average molecular weight is 283 g/mol. The molecule has 110 valence electrons. The van der Waals surface area contributed by atoms with Crippen molar-refractivity contribution in [1.82, 2.24) is 9.97 Å². The van der Waals surface area contributed by atoms with Crippen LogP contribution in [0.2, 0.25) is 0 Å². The molecule has 0 radical (unpaired) electrons. The van der Waals surface area contributed by atoms with Crippen molar-refractivity contribution in [3.05, 3.63) is 29.6 Å². The summed E-state index contributed by atoms with van der Waals surface area (Å²) in [5.74, 6) is 0.574. The van der Waals surface area contributed by atoms with E-state index in [1.54, 1.807) is 6.20 Å². The standard InChI is InChI=1S/C16H21N5/c1-10-5-13(18)9-21(8-10)14-4-3-12(6-17)15-16(14)19-7-11(2)20-15/h3-4,6-7,10,13,17H,5,8-9,18H2,1-2H3/t10-,13+/m0/s1. The maximum atomic E-state index is 7.55. The van der Waals surface area contributed by atoms with E-state index in [-0.39, 0.29) is 6.04 Å². The van der Waals surface area contributed by atoms with E-state index in [0.29, 0.717) is 5.92 Å². The number of rotatable bonds is 2. The monoisotopic (exact) mass is 283 g/mol. The summed E-state index contributed by atoms with van der Waals surface area (Å²) in [6.07, 6.45) is 4.19. The fourth-order valence-corrected chi connectivity index (χ4v) is 3.16. The van der Waals surface area contributed by atoms with E-state index in [1.807, 2.05) is 19.1 Å². The highest BCUT2D eigenvalue weighted by atomic mass is 15.2. The highest BCUT2D eigenvalue weighted by Crippen LogP contribution is 2.29. The second-order valence-corrected chi connectivity index (χ2v) is 6.03. The van der Waals surface area contributed by atoms with Crippen LogP contribution in [0.3, 0.4) is 0 Å². The maximum absolute atomic E-state index is 7.55. The van der Waals surface area contributed by atoms with Crippen molar-refractivity contribution >= 4 is 22.9 Å². The van der Waals surface area contributed by atoms with E-state index in [2.05, 4.69) is 21.8 Å². The lowest BCUT2D eigenvalue weighted by Gasteiger charge is -2.36. The molecule has 3 N–H and O–H groups in total. The lowest BCUT2D eigenvalue weighted by atomic mass is 9.95. The predicted molar refractivity (Wildman–Crippen MR) is 86.1 cm³/mol. The highest BCUT2D eigenvalue weighted by Gasteiger charge is 2.24. The van der Waals surface area contributed by atoms with Crippen LogP contribution in [0.25, 0.3) is 11.0 Å². The number of hydrogen-bond acceptors (Lipinski definition) is 5. The smallest absolute Gasteiger partial charge is 0.113 e. The van der Waals surface area contributed by atoms with Gasteiger partial charge in [0, 0.05) is 37.1 Å². The van der Waals surface area contributed by atoms with Crippen molar-refractivity contribution in [3.63, 3.8) is 0 Å². The number of hydrogen-bond donors (Lipinski definition) is 2. The fraction of sp³-hybridized carbons (Fsp3) is 0.438. The van der Waals surface area contributed by atoms with E-state index in [1.165, 1.54) is 6.21 Å². The molecule has 21 heavy (non-hydrogen) atoms. The van der Waals surface area contributed by atoms with Crippen LogP contribution in [0, 0.1) is 18.3 Å². The molecule has 0 saturated carbocycles. The molecule has 2 atom stereocenters. The first kappa shape index (κ1) is 13.9. The highest BCUT2D eigenvalue weighted by molar-refractivity contribution is 6.00. The summed E-state index contributed by atoms with van der Waals surface area (Å²) in [7, 11) is 0. The van der Waals surface area contributed by atoms with Crippen LogP contribution >= 0.6 is 0 Å². The summed E-state index contributed by atoms with van der Waals surface area (Å²) < 4.78 is 0. The second-order valence-electron chi connectivity index (χ2n) is 6.03. The quantitative estimate of drug-likeness (QED) is 0.827. The fourth-order valence-electron chi connectivity index (χ4n) is 3.16. The minimum absolute atomic E-state index is 0.199. The minimum Gasteiger partial charge on any atom is -0.368 e. The van der Waals surface area contributed by atoms with E-state index < -0.39 is 0 Å². The zero-order chi connectivity index (χ0) is 15.0. The number of aromatic nitrogens is 2. The zero-order valence-corrected chi connectivity index (χ0v) is 12.5. The summed E-state index contributed by atoms with van der Waals surface area (Å²) in [6, 6.07) is 4.19. The number of nitrogens with two attached hydrogens (primary N) is 1. The van der Waals surface area contributed by atoms with Gasteiger partial charge in [0.2, 0.25) is 0 Å². The first-order chi connectivity index (χ1) is 10.1. The molecule has 1 aliphatic rings. The molecule has 1 saturated heterocycles. The predicted octanol–water partition coefficient (Wildman–Crippen LogP) is 2.11. The van der Waals surface area contributed by atoms with Crippen LogP contribution in [-0.2, 0) is 0 Å². The number of piperidine rings is 1. The van der Waals surface area contributed by atoms with Crippen molar-refractivity contribution in [2.24, 2.45) is 11.7 Å². The van der Waals surface area contributed by atoms with Gasteiger partial charge in [-0.3, -0.25) is 4.98 Å². The van der Waals surface area contributed by atoms with Crippen molar-refractivity contribution in [3.8, 4) is 0 Å².